The summed E-state index contributed by atoms with van der Waals surface area (Å²) in [6.45, 7) is 2.05. The summed E-state index contributed by atoms with van der Waals surface area (Å²) >= 11 is 1.43. The van der Waals surface area contributed by atoms with E-state index in [9.17, 15) is 4.79 Å². The molecule has 0 saturated heterocycles. The van der Waals surface area contributed by atoms with Gasteiger partial charge in [0.2, 0.25) is 5.91 Å². The Kier molecular flexibility index (Phi) is 4.13. The second kappa shape index (κ2) is 5.52. The summed E-state index contributed by atoms with van der Waals surface area (Å²) in [5, 5.41) is 5.36. The molecule has 1 saturated carbocycles. The number of thiazole rings is 1. The molecule has 0 spiro atoms. The molecule has 1 amide bonds. The summed E-state index contributed by atoms with van der Waals surface area (Å²) in [6.07, 6.45) is 1.52. The number of nitrogens with two attached hydrogens (primary N) is 1. The van der Waals surface area contributed by atoms with Crippen LogP contribution in [0.25, 0.3) is 11.3 Å². The second-order valence-corrected chi connectivity index (χ2v) is 5.82. The average molecular weight is 310 g/mol. The molecule has 1 aliphatic rings. The number of halogens is 1. The van der Waals surface area contributed by atoms with Gasteiger partial charge in [-0.1, -0.05) is 24.3 Å². The molecule has 1 fully saturated rings. The Labute approximate surface area is 127 Å². The van der Waals surface area contributed by atoms with Crippen molar-refractivity contribution >= 4 is 34.8 Å². The van der Waals surface area contributed by atoms with Gasteiger partial charge in [0.05, 0.1) is 11.2 Å². The summed E-state index contributed by atoms with van der Waals surface area (Å²) in [4.78, 5) is 16.3. The highest BCUT2D eigenvalue weighted by atomic mass is 35.5. The van der Waals surface area contributed by atoms with Crippen LogP contribution in [0.1, 0.15) is 18.4 Å². The molecule has 0 unspecified atom stereocenters. The molecule has 6 heteroatoms. The van der Waals surface area contributed by atoms with Crippen molar-refractivity contribution in [3.05, 3.63) is 35.2 Å². The number of benzene rings is 1. The zero-order chi connectivity index (χ0) is 13.5. The molecule has 1 aromatic heterocycles. The van der Waals surface area contributed by atoms with Gasteiger partial charge in [0.25, 0.3) is 0 Å². The molecule has 3 N–H and O–H groups in total. The quantitative estimate of drug-likeness (QED) is 0.916. The largest absolute Gasteiger partial charge is 0.317 e. The zero-order valence-electron chi connectivity index (χ0n) is 11.1. The van der Waals surface area contributed by atoms with Crippen molar-refractivity contribution in [2.75, 3.05) is 5.32 Å². The van der Waals surface area contributed by atoms with Gasteiger partial charge in [-0.3, -0.25) is 4.79 Å². The van der Waals surface area contributed by atoms with Crippen molar-refractivity contribution in [1.82, 2.24) is 4.98 Å². The van der Waals surface area contributed by atoms with Crippen LogP contribution >= 0.6 is 23.7 Å². The zero-order valence-corrected chi connectivity index (χ0v) is 12.7. The topological polar surface area (TPSA) is 68.0 Å². The number of nitrogens with one attached hydrogen (secondary N) is 1. The van der Waals surface area contributed by atoms with Crippen LogP contribution < -0.4 is 11.1 Å². The number of hydrogen-bond donors (Lipinski definition) is 2. The predicted molar refractivity (Wildman–Crippen MR) is 84.3 cm³/mol. The van der Waals surface area contributed by atoms with Gasteiger partial charge < -0.3 is 11.1 Å². The third-order valence-electron chi connectivity index (χ3n) is 3.39. The number of aryl methyl sites for hydroxylation is 1. The number of anilines is 1. The van der Waals surface area contributed by atoms with Crippen LogP contribution in [0.2, 0.25) is 0 Å². The van der Waals surface area contributed by atoms with Crippen LogP contribution in [0.15, 0.2) is 29.6 Å². The first kappa shape index (κ1) is 15.0. The number of nitrogens with zero attached hydrogens (tertiary/aromatic N) is 1. The van der Waals surface area contributed by atoms with Crippen molar-refractivity contribution in [3.8, 4) is 11.3 Å². The minimum Gasteiger partial charge on any atom is -0.317 e. The fraction of sp³-hybridized carbons (Fsp3) is 0.286. The fourth-order valence-corrected chi connectivity index (χ4v) is 2.60. The Balaban J connectivity index is 0.00000147. The van der Waals surface area contributed by atoms with E-state index in [0.29, 0.717) is 5.13 Å². The van der Waals surface area contributed by atoms with E-state index in [1.807, 2.05) is 36.6 Å². The van der Waals surface area contributed by atoms with Crippen LogP contribution in [-0.2, 0) is 4.79 Å². The van der Waals surface area contributed by atoms with Crippen LogP contribution in [0.5, 0.6) is 0 Å². The first-order valence-corrected chi connectivity index (χ1v) is 7.08. The van der Waals surface area contributed by atoms with Crippen LogP contribution in [-0.4, -0.2) is 16.4 Å². The molecule has 1 aromatic carbocycles. The Morgan fingerprint density at radius 1 is 1.40 bits per heavy atom. The van der Waals surface area contributed by atoms with Crippen molar-refractivity contribution in [1.29, 1.82) is 0 Å². The number of rotatable bonds is 3. The standard InChI is InChI=1S/C14H15N3OS.ClH/c1-9-4-2-3-5-10(9)11-8-19-13(16-11)17-12(18)14(15)6-7-14;/h2-5,8H,6-7,15H2,1H3,(H,16,17,18);1H. The summed E-state index contributed by atoms with van der Waals surface area (Å²) in [7, 11) is 0. The molecule has 4 nitrogen and oxygen atoms in total. The Bertz CT molecular complexity index is 637. The number of carbonyl (C=O) groups excluding carboxylic acids is 1. The normalized spacial score (nSPS) is 15.3. The minimum atomic E-state index is -0.658. The maximum absolute atomic E-state index is 11.8. The van der Waals surface area contributed by atoms with E-state index in [-0.39, 0.29) is 18.3 Å². The maximum Gasteiger partial charge on any atom is 0.246 e. The van der Waals surface area contributed by atoms with Crippen molar-refractivity contribution in [2.24, 2.45) is 5.73 Å². The van der Waals surface area contributed by atoms with Gasteiger partial charge in [-0.2, -0.15) is 0 Å². The van der Waals surface area contributed by atoms with E-state index in [1.165, 1.54) is 16.9 Å². The predicted octanol–water partition coefficient (Wildman–Crippen LogP) is 2.97. The lowest BCUT2D eigenvalue weighted by atomic mass is 10.1. The molecule has 1 aliphatic carbocycles. The van der Waals surface area contributed by atoms with Gasteiger partial charge in [0.15, 0.2) is 5.13 Å². The lowest BCUT2D eigenvalue weighted by molar-refractivity contribution is -0.118. The van der Waals surface area contributed by atoms with Gasteiger partial charge >= 0.3 is 0 Å². The molecule has 0 atom stereocenters. The van der Waals surface area contributed by atoms with E-state index in [1.54, 1.807) is 0 Å². The van der Waals surface area contributed by atoms with E-state index < -0.39 is 5.54 Å². The first-order valence-electron chi connectivity index (χ1n) is 6.20. The van der Waals surface area contributed by atoms with Gasteiger partial charge in [0.1, 0.15) is 0 Å². The third kappa shape index (κ3) is 2.85. The number of hydrogen-bond acceptors (Lipinski definition) is 4. The highest BCUT2D eigenvalue weighted by molar-refractivity contribution is 7.14. The Morgan fingerprint density at radius 3 is 2.75 bits per heavy atom. The third-order valence-corrected chi connectivity index (χ3v) is 4.14. The number of carbonyl (C=O) groups is 1. The van der Waals surface area contributed by atoms with Gasteiger partial charge in [-0.25, -0.2) is 4.98 Å². The minimum absolute atomic E-state index is 0. The smallest absolute Gasteiger partial charge is 0.246 e. The second-order valence-electron chi connectivity index (χ2n) is 4.96. The first-order chi connectivity index (χ1) is 9.08. The van der Waals surface area contributed by atoms with Crippen molar-refractivity contribution < 1.29 is 4.79 Å². The molecule has 2 aromatic rings. The fourth-order valence-electron chi connectivity index (χ4n) is 1.90. The number of aromatic nitrogens is 1. The van der Waals surface area contributed by atoms with Crippen molar-refractivity contribution in [2.45, 2.75) is 25.3 Å². The molecule has 0 radical (unpaired) electrons. The Hall–Kier alpha value is -1.43. The lowest BCUT2D eigenvalue weighted by Crippen LogP contribution is -2.37. The summed E-state index contributed by atoms with van der Waals surface area (Å²) in [5.41, 5.74) is 8.34. The van der Waals surface area contributed by atoms with E-state index >= 15 is 0 Å². The van der Waals surface area contributed by atoms with E-state index in [0.717, 1.165) is 24.1 Å². The van der Waals surface area contributed by atoms with Gasteiger partial charge in [0, 0.05) is 10.9 Å². The lowest BCUT2D eigenvalue weighted by Gasteiger charge is -2.06. The molecule has 0 bridgehead atoms. The molecule has 0 aliphatic heterocycles. The van der Waals surface area contributed by atoms with Crippen molar-refractivity contribution in [3.63, 3.8) is 0 Å². The number of amides is 1. The van der Waals surface area contributed by atoms with Crippen LogP contribution in [0.4, 0.5) is 5.13 Å². The average Bonchev–Trinajstić information content (AvgIpc) is 2.98. The van der Waals surface area contributed by atoms with E-state index in [2.05, 4.69) is 10.3 Å². The monoisotopic (exact) mass is 309 g/mol. The summed E-state index contributed by atoms with van der Waals surface area (Å²) < 4.78 is 0. The van der Waals surface area contributed by atoms with Gasteiger partial charge in [-0.05, 0) is 25.3 Å². The Morgan fingerprint density at radius 2 is 2.10 bits per heavy atom. The van der Waals surface area contributed by atoms with Crippen LogP contribution in [0, 0.1) is 6.92 Å². The SMILES string of the molecule is Cc1ccccc1-c1csc(NC(=O)C2(N)CC2)n1.Cl. The highest BCUT2D eigenvalue weighted by Gasteiger charge is 2.46. The van der Waals surface area contributed by atoms with Crippen LogP contribution in [0.3, 0.4) is 0 Å². The van der Waals surface area contributed by atoms with E-state index in [4.69, 9.17) is 5.73 Å². The molecular weight excluding hydrogens is 294 g/mol. The molecule has 20 heavy (non-hydrogen) atoms. The molecule has 1 heterocycles. The summed E-state index contributed by atoms with van der Waals surface area (Å²) in [6, 6.07) is 8.06. The molecular formula is C14H16ClN3OS. The summed E-state index contributed by atoms with van der Waals surface area (Å²) in [5.74, 6) is -0.127. The van der Waals surface area contributed by atoms with Gasteiger partial charge in [-0.15, -0.1) is 23.7 Å². The molecule has 106 valence electrons. The maximum atomic E-state index is 11.8. The molecule has 3 rings (SSSR count). The highest BCUT2D eigenvalue weighted by Crippen LogP contribution is 2.34.